The molecule has 1 aliphatic heterocycles. The van der Waals surface area contributed by atoms with E-state index in [-0.39, 0.29) is 17.0 Å². The van der Waals surface area contributed by atoms with Crippen molar-refractivity contribution in [2.45, 2.75) is 26.7 Å². The third-order valence-corrected chi connectivity index (χ3v) is 4.08. The average molecular weight is 305 g/mol. The van der Waals surface area contributed by atoms with Crippen molar-refractivity contribution in [2.24, 2.45) is 5.92 Å². The van der Waals surface area contributed by atoms with Gasteiger partial charge in [0, 0.05) is 24.8 Å². The predicted octanol–water partition coefficient (Wildman–Crippen LogP) is 2.94. The lowest BCUT2D eigenvalue weighted by atomic mass is 10.1. The van der Waals surface area contributed by atoms with Crippen LogP contribution in [0.5, 0.6) is 0 Å². The van der Waals surface area contributed by atoms with Gasteiger partial charge in [-0.05, 0) is 50.9 Å². The summed E-state index contributed by atoms with van der Waals surface area (Å²) >= 11 is 0. The lowest BCUT2D eigenvalue weighted by Gasteiger charge is -2.15. The summed E-state index contributed by atoms with van der Waals surface area (Å²) in [5.74, 6) is 0.299. The molecule has 0 spiro atoms. The molecule has 1 N–H and O–H groups in total. The van der Waals surface area contributed by atoms with Crippen LogP contribution in [0.1, 0.15) is 37.0 Å². The van der Waals surface area contributed by atoms with Gasteiger partial charge in [0.05, 0.1) is 10.5 Å². The molecule has 0 bridgehead atoms. The largest absolute Gasteiger partial charge is 0.385 e. The summed E-state index contributed by atoms with van der Waals surface area (Å²) in [6.07, 6.45) is 2.34. The molecule has 1 aromatic carbocycles. The highest BCUT2D eigenvalue weighted by Crippen LogP contribution is 2.24. The highest BCUT2D eigenvalue weighted by molar-refractivity contribution is 5.99. The second-order valence-corrected chi connectivity index (χ2v) is 5.88. The van der Waals surface area contributed by atoms with Crippen molar-refractivity contribution in [3.05, 3.63) is 33.9 Å². The normalized spacial score (nSPS) is 18.4. The molecular formula is C16H23N3O3. The van der Waals surface area contributed by atoms with E-state index in [4.69, 9.17) is 0 Å². The number of hydrogen-bond donors (Lipinski definition) is 1. The van der Waals surface area contributed by atoms with Crippen LogP contribution in [0.4, 0.5) is 11.4 Å². The first-order valence-electron chi connectivity index (χ1n) is 7.77. The number of anilines is 1. The molecule has 1 aromatic rings. The molecule has 0 saturated carbocycles. The molecule has 22 heavy (non-hydrogen) atoms. The number of carbonyl (C=O) groups excluding carboxylic acids is 1. The first-order valence-corrected chi connectivity index (χ1v) is 7.77. The second-order valence-electron chi connectivity index (χ2n) is 5.88. The van der Waals surface area contributed by atoms with E-state index in [0.29, 0.717) is 5.92 Å². The highest BCUT2D eigenvalue weighted by Gasteiger charge is 2.22. The van der Waals surface area contributed by atoms with Crippen LogP contribution >= 0.6 is 0 Å². The maximum atomic E-state index is 11.6. The van der Waals surface area contributed by atoms with Gasteiger partial charge in [-0.15, -0.1) is 0 Å². The van der Waals surface area contributed by atoms with Crippen molar-refractivity contribution in [1.29, 1.82) is 0 Å². The number of ketones is 1. The summed E-state index contributed by atoms with van der Waals surface area (Å²) in [4.78, 5) is 24.4. The molecule has 0 radical (unpaired) electrons. The van der Waals surface area contributed by atoms with E-state index in [1.165, 1.54) is 25.8 Å². The molecule has 2 rings (SSSR count). The molecular weight excluding hydrogens is 282 g/mol. The van der Waals surface area contributed by atoms with Gasteiger partial charge in [-0.1, -0.05) is 6.92 Å². The molecule has 1 heterocycles. The summed E-state index contributed by atoms with van der Waals surface area (Å²) in [6, 6.07) is 4.65. The van der Waals surface area contributed by atoms with Gasteiger partial charge in [0.15, 0.2) is 5.78 Å². The van der Waals surface area contributed by atoms with E-state index >= 15 is 0 Å². The lowest BCUT2D eigenvalue weighted by molar-refractivity contribution is -0.385. The molecule has 0 aliphatic carbocycles. The minimum Gasteiger partial charge on any atom is -0.385 e. The van der Waals surface area contributed by atoms with Gasteiger partial charge in [-0.2, -0.15) is 0 Å². The topological polar surface area (TPSA) is 75.5 Å². The fourth-order valence-corrected chi connectivity index (χ4v) is 2.95. The third-order valence-electron chi connectivity index (χ3n) is 4.08. The fraction of sp³-hybridized carbons (Fsp3) is 0.562. The Labute approximate surface area is 130 Å². The van der Waals surface area contributed by atoms with E-state index in [0.717, 1.165) is 31.9 Å². The third kappa shape index (κ3) is 4.04. The first kappa shape index (κ1) is 16.4. The zero-order valence-electron chi connectivity index (χ0n) is 13.2. The van der Waals surface area contributed by atoms with Crippen molar-refractivity contribution >= 4 is 17.2 Å². The molecule has 1 fully saturated rings. The van der Waals surface area contributed by atoms with E-state index in [1.54, 1.807) is 12.1 Å². The standard InChI is InChI=1S/C16H23N3O3/c1-3-7-18-8-6-13(11-18)10-17-14-4-5-16(19(21)22)15(9-14)12(2)20/h4-5,9,13,17H,3,6-8,10-11H2,1-2H3. The zero-order chi connectivity index (χ0) is 16.1. The SMILES string of the molecule is CCCN1CCC(CNc2ccc([N+](=O)[O-])c(C(C)=O)c2)C1. The average Bonchev–Trinajstić information content (AvgIpc) is 2.92. The first-order chi connectivity index (χ1) is 10.5. The molecule has 0 aromatic heterocycles. The second kappa shape index (κ2) is 7.35. The fourth-order valence-electron chi connectivity index (χ4n) is 2.95. The number of likely N-dealkylation sites (tertiary alicyclic amines) is 1. The van der Waals surface area contributed by atoms with Crippen LogP contribution in [-0.2, 0) is 0 Å². The Morgan fingerprint density at radius 1 is 1.50 bits per heavy atom. The van der Waals surface area contributed by atoms with E-state index < -0.39 is 4.92 Å². The summed E-state index contributed by atoms with van der Waals surface area (Å²) in [6.45, 7) is 7.74. The number of nitro groups is 1. The van der Waals surface area contributed by atoms with Crippen LogP contribution in [0.2, 0.25) is 0 Å². The summed E-state index contributed by atoms with van der Waals surface area (Å²) in [5.41, 5.74) is 0.798. The van der Waals surface area contributed by atoms with Gasteiger partial charge < -0.3 is 10.2 Å². The van der Waals surface area contributed by atoms with Crippen LogP contribution in [-0.4, -0.2) is 41.8 Å². The van der Waals surface area contributed by atoms with E-state index in [9.17, 15) is 14.9 Å². The number of hydrogen-bond acceptors (Lipinski definition) is 5. The molecule has 6 heteroatoms. The smallest absolute Gasteiger partial charge is 0.280 e. The summed E-state index contributed by atoms with van der Waals surface area (Å²) in [5, 5.41) is 14.2. The van der Waals surface area contributed by atoms with Crippen LogP contribution in [0.25, 0.3) is 0 Å². The van der Waals surface area contributed by atoms with Gasteiger partial charge >= 0.3 is 0 Å². The number of nitrogens with zero attached hydrogens (tertiary/aromatic N) is 2. The van der Waals surface area contributed by atoms with E-state index in [2.05, 4.69) is 17.1 Å². The Morgan fingerprint density at radius 3 is 2.91 bits per heavy atom. The Kier molecular flexibility index (Phi) is 5.49. The van der Waals surface area contributed by atoms with Crippen molar-refractivity contribution in [1.82, 2.24) is 4.90 Å². The summed E-state index contributed by atoms with van der Waals surface area (Å²) in [7, 11) is 0. The summed E-state index contributed by atoms with van der Waals surface area (Å²) < 4.78 is 0. The molecule has 1 atom stereocenters. The Balaban J connectivity index is 1.98. The van der Waals surface area contributed by atoms with Gasteiger partial charge in [0.2, 0.25) is 0 Å². The van der Waals surface area contributed by atoms with E-state index in [1.807, 2.05) is 0 Å². The zero-order valence-corrected chi connectivity index (χ0v) is 13.2. The predicted molar refractivity (Wildman–Crippen MR) is 86.4 cm³/mol. The number of rotatable bonds is 7. The minimum atomic E-state index is -0.514. The van der Waals surface area contributed by atoms with Crippen molar-refractivity contribution in [3.8, 4) is 0 Å². The number of benzene rings is 1. The monoisotopic (exact) mass is 305 g/mol. The molecule has 120 valence electrons. The maximum absolute atomic E-state index is 11.6. The lowest BCUT2D eigenvalue weighted by Crippen LogP contribution is -2.23. The molecule has 1 unspecified atom stereocenters. The van der Waals surface area contributed by atoms with Gasteiger partial charge in [0.25, 0.3) is 5.69 Å². The number of Topliss-reactive ketones (excluding diaryl/α,β-unsaturated/α-hetero) is 1. The van der Waals surface area contributed by atoms with Gasteiger partial charge in [0.1, 0.15) is 0 Å². The Hall–Kier alpha value is -1.95. The minimum absolute atomic E-state index is 0.131. The Morgan fingerprint density at radius 2 is 2.27 bits per heavy atom. The van der Waals surface area contributed by atoms with Crippen LogP contribution < -0.4 is 5.32 Å². The number of carbonyl (C=O) groups is 1. The van der Waals surface area contributed by atoms with Crippen molar-refractivity contribution in [2.75, 3.05) is 31.5 Å². The highest BCUT2D eigenvalue weighted by atomic mass is 16.6. The number of nitrogens with one attached hydrogen (secondary N) is 1. The van der Waals surface area contributed by atoms with Crippen LogP contribution in [0.3, 0.4) is 0 Å². The Bertz CT molecular complexity index is 560. The molecule has 1 saturated heterocycles. The molecule has 6 nitrogen and oxygen atoms in total. The van der Waals surface area contributed by atoms with Gasteiger partial charge in [-0.3, -0.25) is 14.9 Å². The molecule has 1 aliphatic rings. The van der Waals surface area contributed by atoms with Gasteiger partial charge in [-0.25, -0.2) is 0 Å². The van der Waals surface area contributed by atoms with Crippen molar-refractivity contribution in [3.63, 3.8) is 0 Å². The maximum Gasteiger partial charge on any atom is 0.280 e. The number of nitro benzene ring substituents is 1. The van der Waals surface area contributed by atoms with Crippen LogP contribution in [0.15, 0.2) is 18.2 Å². The quantitative estimate of drug-likeness (QED) is 0.476. The van der Waals surface area contributed by atoms with Crippen molar-refractivity contribution < 1.29 is 9.72 Å². The van der Waals surface area contributed by atoms with Crippen LogP contribution in [0, 0.1) is 16.0 Å². The molecule has 0 amide bonds.